The summed E-state index contributed by atoms with van der Waals surface area (Å²) in [5.41, 5.74) is 0. The first-order chi connectivity index (χ1) is 11.2. The highest BCUT2D eigenvalue weighted by atomic mass is 16.4. The second-order valence-electron chi connectivity index (χ2n) is 6.82. The van der Waals surface area contributed by atoms with Gasteiger partial charge in [-0.1, -0.05) is 19.8 Å². The van der Waals surface area contributed by atoms with E-state index in [0.29, 0.717) is 12.8 Å². The van der Waals surface area contributed by atoms with Crippen LogP contribution in [0.25, 0.3) is 0 Å². The Balaban J connectivity index is 2.42. The van der Waals surface area contributed by atoms with Crippen LogP contribution in [0.2, 0.25) is 0 Å². The molecular weight excluding hydrogens is 320 g/mol. The third-order valence-electron chi connectivity index (χ3n) is 5.74. The molecule has 0 aromatic heterocycles. The molecule has 0 amide bonds. The fourth-order valence-electron chi connectivity index (χ4n) is 4.81. The summed E-state index contributed by atoms with van der Waals surface area (Å²) >= 11 is 0. The summed E-state index contributed by atoms with van der Waals surface area (Å²) in [6, 6.07) is 0. The Hall–Kier alpha value is -2.12. The van der Waals surface area contributed by atoms with Crippen molar-refractivity contribution in [1.29, 1.82) is 0 Å². The molecule has 2 aliphatic carbocycles. The van der Waals surface area contributed by atoms with Crippen LogP contribution in [0.5, 0.6) is 0 Å². The maximum absolute atomic E-state index is 11.7. The zero-order valence-corrected chi connectivity index (χ0v) is 13.3. The lowest BCUT2D eigenvalue weighted by molar-refractivity contribution is -0.199. The molecule has 0 aromatic rings. The molecule has 2 saturated carbocycles. The van der Waals surface area contributed by atoms with Crippen LogP contribution in [-0.4, -0.2) is 44.3 Å². The van der Waals surface area contributed by atoms with Crippen molar-refractivity contribution < 1.29 is 39.6 Å². The van der Waals surface area contributed by atoms with Crippen LogP contribution in [0.1, 0.15) is 32.6 Å². The fourth-order valence-corrected chi connectivity index (χ4v) is 4.81. The Bertz CT molecular complexity index is 544. The van der Waals surface area contributed by atoms with Gasteiger partial charge < -0.3 is 20.4 Å². The van der Waals surface area contributed by atoms with Gasteiger partial charge in [-0.15, -0.1) is 0 Å². The lowest BCUT2D eigenvalue weighted by Crippen LogP contribution is -2.63. The minimum atomic E-state index is -1.26. The highest BCUT2D eigenvalue weighted by Gasteiger charge is 2.65. The molecule has 7 unspecified atom stereocenters. The van der Waals surface area contributed by atoms with Gasteiger partial charge in [0, 0.05) is 0 Å². The summed E-state index contributed by atoms with van der Waals surface area (Å²) in [7, 11) is 0. The zero-order valence-electron chi connectivity index (χ0n) is 13.3. The van der Waals surface area contributed by atoms with E-state index in [0.717, 1.165) is 6.42 Å². The predicted molar refractivity (Wildman–Crippen MR) is 79.1 cm³/mol. The summed E-state index contributed by atoms with van der Waals surface area (Å²) < 4.78 is 0. The van der Waals surface area contributed by atoms with Gasteiger partial charge in [-0.25, -0.2) is 0 Å². The average molecular weight is 342 g/mol. The summed E-state index contributed by atoms with van der Waals surface area (Å²) in [4.78, 5) is 46.2. The number of aliphatic carboxylic acids is 4. The summed E-state index contributed by atoms with van der Waals surface area (Å²) in [5, 5.41) is 37.7. The molecule has 2 fully saturated rings. The Labute approximate surface area is 138 Å². The number of carboxylic acid groups (broad SMARTS) is 4. The number of carbonyl (C=O) groups is 4. The average Bonchev–Trinajstić information content (AvgIpc) is 2.44. The van der Waals surface area contributed by atoms with E-state index >= 15 is 0 Å². The van der Waals surface area contributed by atoms with Crippen LogP contribution in [0.3, 0.4) is 0 Å². The maximum atomic E-state index is 11.7. The Morgan fingerprint density at radius 3 is 1.79 bits per heavy atom. The highest BCUT2D eigenvalue weighted by molar-refractivity contribution is 5.85. The van der Waals surface area contributed by atoms with Gasteiger partial charge in [-0.2, -0.15) is 0 Å². The summed E-state index contributed by atoms with van der Waals surface area (Å²) in [6.07, 6.45) is 1.71. The molecule has 0 saturated heterocycles. The number of hydrogen-bond acceptors (Lipinski definition) is 4. The van der Waals surface area contributed by atoms with Crippen LogP contribution < -0.4 is 0 Å². The Kier molecular flexibility index (Phi) is 5.15. The third-order valence-corrected chi connectivity index (χ3v) is 5.74. The molecule has 2 aliphatic rings. The quantitative estimate of drug-likeness (QED) is 0.540. The molecule has 0 spiro atoms. The molecule has 0 aromatic carbocycles. The minimum Gasteiger partial charge on any atom is -0.481 e. The SMILES string of the molecule is CCCCC1C(C(=O)O)C(C(=O)O)CC2C(C(=O)O)C(C(=O)O)C12. The van der Waals surface area contributed by atoms with Crippen LogP contribution in [0, 0.1) is 41.4 Å². The maximum Gasteiger partial charge on any atom is 0.307 e. The lowest BCUT2D eigenvalue weighted by Gasteiger charge is -2.57. The molecule has 4 N–H and O–H groups in total. The number of fused-ring (bicyclic) bond motifs is 1. The van der Waals surface area contributed by atoms with Crippen molar-refractivity contribution in [3.63, 3.8) is 0 Å². The van der Waals surface area contributed by atoms with Crippen LogP contribution in [-0.2, 0) is 19.2 Å². The number of hydrogen-bond donors (Lipinski definition) is 4. The molecule has 0 radical (unpaired) electrons. The van der Waals surface area contributed by atoms with E-state index in [1.54, 1.807) is 0 Å². The van der Waals surface area contributed by atoms with E-state index in [1.165, 1.54) is 0 Å². The van der Waals surface area contributed by atoms with Crippen LogP contribution in [0.4, 0.5) is 0 Å². The van der Waals surface area contributed by atoms with Crippen molar-refractivity contribution in [2.24, 2.45) is 41.4 Å². The van der Waals surface area contributed by atoms with E-state index in [-0.39, 0.29) is 6.42 Å². The van der Waals surface area contributed by atoms with Crippen molar-refractivity contribution in [3.8, 4) is 0 Å². The van der Waals surface area contributed by atoms with Crippen molar-refractivity contribution in [1.82, 2.24) is 0 Å². The van der Waals surface area contributed by atoms with Crippen molar-refractivity contribution in [3.05, 3.63) is 0 Å². The highest BCUT2D eigenvalue weighted by Crippen LogP contribution is 2.60. The van der Waals surface area contributed by atoms with E-state index < -0.39 is 65.3 Å². The first kappa shape index (κ1) is 18.2. The number of unbranched alkanes of at least 4 members (excludes halogenated alkanes) is 1. The summed E-state index contributed by atoms with van der Waals surface area (Å²) in [6.45, 7) is 1.90. The van der Waals surface area contributed by atoms with Gasteiger partial charge >= 0.3 is 23.9 Å². The third kappa shape index (κ3) is 2.85. The smallest absolute Gasteiger partial charge is 0.307 e. The van der Waals surface area contributed by atoms with Crippen LogP contribution >= 0.6 is 0 Å². The molecule has 7 atom stereocenters. The molecule has 0 heterocycles. The van der Waals surface area contributed by atoms with E-state index in [4.69, 9.17) is 0 Å². The Morgan fingerprint density at radius 2 is 1.38 bits per heavy atom. The molecule has 0 bridgehead atoms. The van der Waals surface area contributed by atoms with E-state index in [9.17, 15) is 39.6 Å². The molecule has 8 heteroatoms. The summed E-state index contributed by atoms with van der Waals surface area (Å²) in [5.74, 6) is -11.5. The molecule has 24 heavy (non-hydrogen) atoms. The molecule has 2 rings (SSSR count). The normalized spacial score (nSPS) is 37.8. The molecule has 134 valence electrons. The monoisotopic (exact) mass is 342 g/mol. The van der Waals surface area contributed by atoms with Gasteiger partial charge in [0.05, 0.1) is 23.7 Å². The van der Waals surface area contributed by atoms with Gasteiger partial charge in [-0.05, 0) is 30.6 Å². The standard InChI is InChI=1S/C16H22O8/c1-2-3-4-6-9-7(11(15(21)22)12(9)16(23)24)5-8(13(17)18)10(6)14(19)20/h6-12H,2-5H2,1H3,(H,17,18)(H,19,20)(H,21,22)(H,23,24). The van der Waals surface area contributed by atoms with Gasteiger partial charge in [0.25, 0.3) is 0 Å². The first-order valence-electron chi connectivity index (χ1n) is 8.13. The largest absolute Gasteiger partial charge is 0.481 e. The topological polar surface area (TPSA) is 149 Å². The van der Waals surface area contributed by atoms with Crippen molar-refractivity contribution in [2.45, 2.75) is 32.6 Å². The van der Waals surface area contributed by atoms with E-state index in [2.05, 4.69) is 0 Å². The molecule has 0 aliphatic heterocycles. The van der Waals surface area contributed by atoms with Gasteiger partial charge in [0.1, 0.15) is 0 Å². The second kappa shape index (κ2) is 6.78. The first-order valence-corrected chi connectivity index (χ1v) is 8.13. The molecule has 8 nitrogen and oxygen atoms in total. The minimum absolute atomic E-state index is 0.0969. The van der Waals surface area contributed by atoms with Gasteiger partial charge in [-0.3, -0.25) is 19.2 Å². The fraction of sp³-hybridized carbons (Fsp3) is 0.750. The van der Waals surface area contributed by atoms with E-state index in [1.807, 2.05) is 6.92 Å². The lowest BCUT2D eigenvalue weighted by atomic mass is 9.44. The predicted octanol–water partition coefficient (Wildman–Crippen LogP) is 1.25. The second-order valence-corrected chi connectivity index (χ2v) is 6.82. The van der Waals surface area contributed by atoms with Crippen LogP contribution in [0.15, 0.2) is 0 Å². The van der Waals surface area contributed by atoms with Crippen molar-refractivity contribution >= 4 is 23.9 Å². The number of rotatable bonds is 7. The zero-order chi connectivity index (χ0) is 18.2. The van der Waals surface area contributed by atoms with Crippen molar-refractivity contribution in [2.75, 3.05) is 0 Å². The molecular formula is C16H22O8. The number of carboxylic acids is 4. The Morgan fingerprint density at radius 1 is 0.833 bits per heavy atom. The van der Waals surface area contributed by atoms with Gasteiger partial charge in [0.15, 0.2) is 0 Å². The van der Waals surface area contributed by atoms with Gasteiger partial charge in [0.2, 0.25) is 0 Å².